The number of nitrogens with two attached hydrogens (primary N) is 2. The third kappa shape index (κ3) is 11.2. The molecule has 0 fully saturated rings. The van der Waals surface area contributed by atoms with Crippen LogP contribution in [0, 0.1) is 0 Å². The summed E-state index contributed by atoms with van der Waals surface area (Å²) >= 11 is 4.04. The van der Waals surface area contributed by atoms with Gasteiger partial charge in [0.25, 0.3) is 0 Å². The number of rotatable bonds is 17. The van der Waals surface area contributed by atoms with Crippen molar-refractivity contribution < 1.29 is 34.2 Å². The normalized spacial score (nSPS) is 14.3. The van der Waals surface area contributed by atoms with Gasteiger partial charge in [0.15, 0.2) is 0 Å². The average molecular weight is 516 g/mol. The van der Waals surface area contributed by atoms with Crippen molar-refractivity contribution in [2.24, 2.45) is 11.5 Å². The maximum absolute atomic E-state index is 12.9. The molecule has 0 aliphatic heterocycles. The summed E-state index contributed by atoms with van der Waals surface area (Å²) in [6, 6.07) is -4.68. The van der Waals surface area contributed by atoms with E-state index in [1.165, 1.54) is 12.5 Å². The fraction of sp³-hybridized carbons (Fsp3) is 0.600. The first-order valence-electron chi connectivity index (χ1n) is 11.0. The first-order valence-corrected chi connectivity index (χ1v) is 11.6. The van der Waals surface area contributed by atoms with Crippen LogP contribution in [0.2, 0.25) is 0 Å². The van der Waals surface area contributed by atoms with Gasteiger partial charge in [-0.3, -0.25) is 19.2 Å². The highest BCUT2D eigenvalue weighted by Crippen LogP contribution is 2.05. The van der Waals surface area contributed by atoms with Crippen molar-refractivity contribution in [2.45, 2.75) is 62.7 Å². The van der Waals surface area contributed by atoms with Crippen molar-refractivity contribution in [3.05, 3.63) is 18.2 Å². The zero-order valence-corrected chi connectivity index (χ0v) is 20.0. The van der Waals surface area contributed by atoms with Crippen LogP contribution in [0.25, 0.3) is 0 Å². The Labute approximate surface area is 207 Å². The molecule has 1 aromatic rings. The molecule has 1 heterocycles. The second-order valence-electron chi connectivity index (χ2n) is 7.81. The Hall–Kier alpha value is -3.17. The summed E-state index contributed by atoms with van der Waals surface area (Å²) in [5, 5.41) is 25.2. The van der Waals surface area contributed by atoms with E-state index in [1.54, 1.807) is 0 Å². The van der Waals surface area contributed by atoms with Crippen molar-refractivity contribution in [3.63, 3.8) is 0 Å². The number of nitrogens with one attached hydrogen (secondary N) is 4. The Balaban J connectivity index is 2.82. The van der Waals surface area contributed by atoms with E-state index in [4.69, 9.17) is 16.6 Å². The van der Waals surface area contributed by atoms with Gasteiger partial charge in [0.1, 0.15) is 18.1 Å². The van der Waals surface area contributed by atoms with Gasteiger partial charge in [-0.1, -0.05) is 0 Å². The number of thiol groups is 1. The summed E-state index contributed by atoms with van der Waals surface area (Å²) in [7, 11) is 0. The number of amides is 3. The number of imidazole rings is 1. The summed E-state index contributed by atoms with van der Waals surface area (Å²) < 4.78 is 0. The van der Waals surface area contributed by atoms with Crippen LogP contribution in [0.4, 0.5) is 0 Å². The van der Waals surface area contributed by atoms with Crippen molar-refractivity contribution in [1.82, 2.24) is 25.9 Å². The predicted octanol–water partition coefficient (Wildman–Crippen LogP) is -2.26. The zero-order chi connectivity index (χ0) is 26.4. The molecule has 0 spiro atoms. The number of hydrogen-bond acceptors (Lipinski definition) is 9. The molecule has 1 rings (SSSR count). The lowest BCUT2D eigenvalue weighted by Crippen LogP contribution is -2.57. The van der Waals surface area contributed by atoms with Crippen LogP contribution < -0.4 is 27.4 Å². The van der Waals surface area contributed by atoms with Crippen LogP contribution in [0.5, 0.6) is 0 Å². The molecule has 0 saturated carbocycles. The third-order valence-corrected chi connectivity index (χ3v) is 5.35. The molecule has 0 saturated heterocycles. The smallest absolute Gasteiger partial charge is 0.326 e. The number of carbonyl (C=O) groups is 5. The molecule has 15 heteroatoms. The van der Waals surface area contributed by atoms with E-state index in [2.05, 4.69) is 38.5 Å². The van der Waals surface area contributed by atoms with Crippen molar-refractivity contribution in [2.75, 3.05) is 12.3 Å². The Kier molecular flexibility index (Phi) is 13.4. The van der Waals surface area contributed by atoms with Crippen LogP contribution in [0.3, 0.4) is 0 Å². The lowest BCUT2D eigenvalue weighted by molar-refractivity contribution is -0.143. The van der Waals surface area contributed by atoms with Crippen LogP contribution in [-0.2, 0) is 30.4 Å². The maximum Gasteiger partial charge on any atom is 0.326 e. The van der Waals surface area contributed by atoms with Gasteiger partial charge in [0, 0.05) is 30.5 Å². The molecule has 1 aromatic heterocycles. The number of H-pyrrole nitrogens is 1. The van der Waals surface area contributed by atoms with Crippen LogP contribution >= 0.6 is 12.6 Å². The monoisotopic (exact) mass is 515 g/mol. The number of carboxylic acid groups (broad SMARTS) is 2. The van der Waals surface area contributed by atoms with Gasteiger partial charge in [0.2, 0.25) is 17.7 Å². The molecular formula is C20H33N7O7S. The van der Waals surface area contributed by atoms with E-state index in [9.17, 15) is 29.1 Å². The second kappa shape index (κ2) is 15.7. The van der Waals surface area contributed by atoms with Gasteiger partial charge >= 0.3 is 11.9 Å². The number of nitrogens with zero attached hydrogens (tertiary/aromatic N) is 1. The molecular weight excluding hydrogens is 482 g/mol. The number of carboxylic acids is 2. The highest BCUT2D eigenvalue weighted by atomic mass is 32.1. The van der Waals surface area contributed by atoms with Gasteiger partial charge in [-0.05, 0) is 32.2 Å². The van der Waals surface area contributed by atoms with Crippen LogP contribution in [-0.4, -0.2) is 86.3 Å². The van der Waals surface area contributed by atoms with E-state index in [0.717, 1.165) is 0 Å². The lowest BCUT2D eigenvalue weighted by atomic mass is 10.1. The van der Waals surface area contributed by atoms with Crippen LogP contribution in [0.1, 0.15) is 37.8 Å². The quantitative estimate of drug-likeness (QED) is 0.0796. The molecule has 0 aromatic carbocycles. The molecule has 0 bridgehead atoms. The SMILES string of the molecule is NCCCCC(NC(=O)C(N)Cc1cnc[nH]1)C(=O)NC(CS)C(=O)NC(CCC(=O)O)C(=O)O. The molecule has 4 unspecified atom stereocenters. The molecule has 196 valence electrons. The molecule has 0 aliphatic carbocycles. The highest BCUT2D eigenvalue weighted by molar-refractivity contribution is 7.80. The topological polar surface area (TPSA) is 243 Å². The Morgan fingerprint density at radius 2 is 1.60 bits per heavy atom. The molecule has 0 aliphatic rings. The fourth-order valence-corrected chi connectivity index (χ4v) is 3.29. The number of aromatic amines is 1. The van der Waals surface area contributed by atoms with E-state index >= 15 is 0 Å². The fourth-order valence-electron chi connectivity index (χ4n) is 3.03. The van der Waals surface area contributed by atoms with E-state index in [1.807, 2.05) is 0 Å². The summed E-state index contributed by atoms with van der Waals surface area (Å²) in [6.07, 6.45) is 3.66. The first-order chi connectivity index (χ1) is 16.6. The molecule has 35 heavy (non-hydrogen) atoms. The Morgan fingerprint density at radius 3 is 2.14 bits per heavy atom. The average Bonchev–Trinajstić information content (AvgIpc) is 3.31. The van der Waals surface area contributed by atoms with E-state index in [0.29, 0.717) is 25.1 Å². The van der Waals surface area contributed by atoms with E-state index in [-0.39, 0.29) is 25.0 Å². The lowest BCUT2D eigenvalue weighted by Gasteiger charge is -2.24. The third-order valence-electron chi connectivity index (χ3n) is 4.99. The van der Waals surface area contributed by atoms with Gasteiger partial charge in [-0.25, -0.2) is 9.78 Å². The Morgan fingerprint density at radius 1 is 0.971 bits per heavy atom. The predicted molar refractivity (Wildman–Crippen MR) is 127 cm³/mol. The number of aliphatic carboxylic acids is 2. The minimum absolute atomic E-state index is 0.164. The maximum atomic E-state index is 12.9. The minimum Gasteiger partial charge on any atom is -0.481 e. The highest BCUT2D eigenvalue weighted by Gasteiger charge is 2.30. The molecule has 0 radical (unpaired) electrons. The number of carbonyl (C=O) groups excluding carboxylic acids is 3. The zero-order valence-electron chi connectivity index (χ0n) is 19.1. The minimum atomic E-state index is -1.46. The van der Waals surface area contributed by atoms with Gasteiger partial charge in [-0.15, -0.1) is 0 Å². The van der Waals surface area contributed by atoms with Crippen molar-refractivity contribution >= 4 is 42.3 Å². The van der Waals surface area contributed by atoms with E-state index < -0.39 is 60.2 Å². The summed E-state index contributed by atoms with van der Waals surface area (Å²) in [5.41, 5.74) is 12.1. The summed E-state index contributed by atoms with van der Waals surface area (Å²) in [6.45, 7) is 0.385. The number of aromatic nitrogens is 2. The number of unbranched alkanes of at least 4 members (excludes halogenated alkanes) is 1. The summed E-state index contributed by atoms with van der Waals surface area (Å²) in [4.78, 5) is 66.8. The van der Waals surface area contributed by atoms with Gasteiger partial charge in [-0.2, -0.15) is 12.6 Å². The molecule has 3 amide bonds. The Bertz CT molecular complexity index is 853. The molecule has 14 nitrogen and oxygen atoms in total. The van der Waals surface area contributed by atoms with Gasteiger partial charge < -0.3 is 42.6 Å². The number of hydrogen-bond donors (Lipinski definition) is 9. The first kappa shape index (κ1) is 29.9. The largest absolute Gasteiger partial charge is 0.481 e. The van der Waals surface area contributed by atoms with Gasteiger partial charge in [0.05, 0.1) is 12.4 Å². The molecule has 10 N–H and O–H groups in total. The second-order valence-corrected chi connectivity index (χ2v) is 8.17. The van der Waals surface area contributed by atoms with Crippen molar-refractivity contribution in [1.29, 1.82) is 0 Å². The standard InChI is InChI=1S/C20H33N7O7S/c21-6-2-1-3-13(25-17(30)12(22)7-11-8-23-10-24-11)18(31)27-15(9-35)19(32)26-14(20(33)34)4-5-16(28)29/h8,10,12-15,35H,1-7,9,21-22H2,(H,23,24)(H,25,30)(H,26,32)(H,27,31)(H,28,29)(H,33,34). The van der Waals surface area contributed by atoms with Crippen molar-refractivity contribution in [3.8, 4) is 0 Å². The van der Waals surface area contributed by atoms with Crippen LogP contribution in [0.15, 0.2) is 12.5 Å². The summed E-state index contributed by atoms with van der Waals surface area (Å²) in [5.74, 6) is -4.93. The molecule has 4 atom stereocenters.